The highest BCUT2D eigenvalue weighted by molar-refractivity contribution is 5.96. The molecule has 0 saturated carbocycles. The number of carbonyl (C=O) groups excluding carboxylic acids is 1. The van der Waals surface area contributed by atoms with Crippen molar-refractivity contribution in [2.24, 2.45) is 0 Å². The Balaban J connectivity index is 1.38. The van der Waals surface area contributed by atoms with Gasteiger partial charge in [0.1, 0.15) is 5.82 Å². The normalized spacial score (nSPS) is 14.5. The van der Waals surface area contributed by atoms with Crippen LogP contribution in [0, 0.1) is 5.82 Å². The molecule has 27 heavy (non-hydrogen) atoms. The number of hydrogen-bond acceptors (Lipinski definition) is 6. The van der Waals surface area contributed by atoms with Crippen LogP contribution < -0.4 is 4.90 Å². The molecule has 8 heteroatoms. The molecule has 3 aromatic rings. The van der Waals surface area contributed by atoms with Gasteiger partial charge in [0, 0.05) is 31.8 Å². The van der Waals surface area contributed by atoms with Crippen LogP contribution in [0.3, 0.4) is 0 Å². The average Bonchev–Trinajstić information content (AvgIpc) is 3.32. The van der Waals surface area contributed by atoms with Crippen LogP contribution >= 0.6 is 0 Å². The van der Waals surface area contributed by atoms with Crippen molar-refractivity contribution in [3.63, 3.8) is 0 Å². The summed E-state index contributed by atoms with van der Waals surface area (Å²) >= 11 is 0. The average molecular weight is 370 g/mol. The molecule has 1 aromatic carbocycles. The van der Waals surface area contributed by atoms with E-state index in [4.69, 9.17) is 9.26 Å². The molecule has 0 unspecified atom stereocenters. The van der Waals surface area contributed by atoms with Gasteiger partial charge >= 0.3 is 0 Å². The molecule has 0 aliphatic carbocycles. The number of morpholine rings is 1. The molecule has 1 aliphatic heterocycles. The molecular formula is C19H19FN4O3. The van der Waals surface area contributed by atoms with Crippen molar-refractivity contribution in [1.82, 2.24) is 14.9 Å². The first-order valence-electron chi connectivity index (χ1n) is 8.76. The van der Waals surface area contributed by atoms with Gasteiger partial charge in [0.25, 0.3) is 0 Å². The maximum atomic E-state index is 13.3. The van der Waals surface area contributed by atoms with Crippen molar-refractivity contribution in [2.45, 2.75) is 13.0 Å². The van der Waals surface area contributed by atoms with Gasteiger partial charge in [-0.3, -0.25) is 9.48 Å². The molecule has 3 heterocycles. The molecule has 0 amide bonds. The van der Waals surface area contributed by atoms with Crippen LogP contribution in [0.15, 0.2) is 47.2 Å². The molecule has 0 bridgehead atoms. The second-order valence-electron chi connectivity index (χ2n) is 6.43. The van der Waals surface area contributed by atoms with Gasteiger partial charge in [-0.2, -0.15) is 5.10 Å². The number of nitrogens with zero attached hydrogens (tertiary/aromatic N) is 4. The van der Waals surface area contributed by atoms with E-state index in [0.29, 0.717) is 31.3 Å². The summed E-state index contributed by atoms with van der Waals surface area (Å²) in [6.45, 7) is 3.14. The summed E-state index contributed by atoms with van der Waals surface area (Å²) in [6, 6.07) is 8.03. The molecule has 1 saturated heterocycles. The number of carbonyl (C=O) groups is 1. The van der Waals surface area contributed by atoms with Gasteiger partial charge in [0.05, 0.1) is 26.0 Å². The SMILES string of the molecule is O=C(Cc1cnn(Cc2cccc(F)c2)c1)c1cc(N2CCOCC2)on1. The van der Waals surface area contributed by atoms with Crippen LogP contribution in [-0.4, -0.2) is 47.0 Å². The zero-order valence-electron chi connectivity index (χ0n) is 14.7. The molecule has 7 nitrogen and oxygen atoms in total. The van der Waals surface area contributed by atoms with E-state index in [2.05, 4.69) is 10.3 Å². The van der Waals surface area contributed by atoms with Gasteiger partial charge in [0.15, 0.2) is 11.5 Å². The number of ketones is 1. The van der Waals surface area contributed by atoms with E-state index < -0.39 is 0 Å². The van der Waals surface area contributed by atoms with E-state index >= 15 is 0 Å². The van der Waals surface area contributed by atoms with Crippen LogP contribution in [0.2, 0.25) is 0 Å². The smallest absolute Gasteiger partial charge is 0.228 e. The molecule has 0 spiro atoms. The quantitative estimate of drug-likeness (QED) is 0.620. The van der Waals surface area contributed by atoms with Gasteiger partial charge in [-0.05, 0) is 23.3 Å². The summed E-state index contributed by atoms with van der Waals surface area (Å²) in [5.74, 6) is 0.171. The Bertz CT molecular complexity index is 930. The maximum Gasteiger partial charge on any atom is 0.228 e. The first-order chi connectivity index (χ1) is 13.2. The summed E-state index contributed by atoms with van der Waals surface area (Å²) < 4.78 is 25.6. The molecule has 0 atom stereocenters. The standard InChI is InChI=1S/C19H19FN4O3/c20-16-3-1-2-14(8-16)12-24-13-15(11-21-24)9-18(25)17-10-19(27-22-17)23-4-6-26-7-5-23/h1-3,8,10-11,13H,4-7,9,12H2. The van der Waals surface area contributed by atoms with Crippen molar-refractivity contribution in [3.8, 4) is 0 Å². The second-order valence-corrected chi connectivity index (χ2v) is 6.43. The molecule has 1 aliphatic rings. The van der Waals surface area contributed by atoms with Gasteiger partial charge in [-0.15, -0.1) is 0 Å². The summed E-state index contributed by atoms with van der Waals surface area (Å²) in [4.78, 5) is 14.5. The second kappa shape index (κ2) is 7.71. The molecule has 2 aromatic heterocycles. The monoisotopic (exact) mass is 370 g/mol. The molecular weight excluding hydrogens is 351 g/mol. The lowest BCUT2D eigenvalue weighted by molar-refractivity contribution is 0.0984. The van der Waals surface area contributed by atoms with E-state index in [-0.39, 0.29) is 18.0 Å². The number of aromatic nitrogens is 3. The minimum Gasteiger partial charge on any atom is -0.378 e. The molecule has 0 radical (unpaired) electrons. The molecule has 4 rings (SSSR count). The van der Waals surface area contributed by atoms with Crippen molar-refractivity contribution < 1.29 is 18.4 Å². The van der Waals surface area contributed by atoms with Gasteiger partial charge < -0.3 is 14.2 Å². The Hall–Kier alpha value is -3.00. The Morgan fingerprint density at radius 1 is 1.19 bits per heavy atom. The predicted octanol–water partition coefficient (Wildman–Crippen LogP) is 2.32. The van der Waals surface area contributed by atoms with Crippen LogP contribution in [-0.2, 0) is 17.7 Å². The molecule has 140 valence electrons. The minimum atomic E-state index is -0.280. The van der Waals surface area contributed by atoms with Gasteiger partial charge in [-0.1, -0.05) is 17.3 Å². The third-order valence-electron chi connectivity index (χ3n) is 4.39. The van der Waals surface area contributed by atoms with E-state index in [1.54, 1.807) is 29.2 Å². The Morgan fingerprint density at radius 3 is 2.85 bits per heavy atom. The zero-order valence-corrected chi connectivity index (χ0v) is 14.7. The first-order valence-corrected chi connectivity index (χ1v) is 8.76. The number of ether oxygens (including phenoxy) is 1. The minimum absolute atomic E-state index is 0.136. The Morgan fingerprint density at radius 2 is 2.04 bits per heavy atom. The van der Waals surface area contributed by atoms with Gasteiger partial charge in [-0.25, -0.2) is 4.39 Å². The fourth-order valence-electron chi connectivity index (χ4n) is 3.01. The number of Topliss-reactive ketones (excluding diaryl/α,β-unsaturated/α-hetero) is 1. The highest BCUT2D eigenvalue weighted by Crippen LogP contribution is 2.18. The Labute approximate surface area is 155 Å². The van der Waals surface area contributed by atoms with Crippen LogP contribution in [0.4, 0.5) is 10.3 Å². The number of benzene rings is 1. The van der Waals surface area contributed by atoms with E-state index in [1.165, 1.54) is 12.1 Å². The van der Waals surface area contributed by atoms with Crippen molar-refractivity contribution in [2.75, 3.05) is 31.2 Å². The van der Waals surface area contributed by atoms with Crippen molar-refractivity contribution in [1.29, 1.82) is 0 Å². The highest BCUT2D eigenvalue weighted by atomic mass is 19.1. The number of anilines is 1. The lowest BCUT2D eigenvalue weighted by Gasteiger charge is -2.25. The largest absolute Gasteiger partial charge is 0.378 e. The molecule has 1 fully saturated rings. The van der Waals surface area contributed by atoms with Crippen LogP contribution in [0.5, 0.6) is 0 Å². The van der Waals surface area contributed by atoms with E-state index in [9.17, 15) is 9.18 Å². The van der Waals surface area contributed by atoms with E-state index in [1.807, 2.05) is 11.0 Å². The fourth-order valence-corrected chi connectivity index (χ4v) is 3.01. The van der Waals surface area contributed by atoms with Gasteiger partial charge in [0.2, 0.25) is 5.88 Å². The third kappa shape index (κ3) is 4.22. The van der Waals surface area contributed by atoms with Crippen molar-refractivity contribution >= 4 is 11.7 Å². The summed E-state index contributed by atoms with van der Waals surface area (Å²) in [5, 5.41) is 8.14. The van der Waals surface area contributed by atoms with Crippen LogP contribution in [0.1, 0.15) is 21.6 Å². The lowest BCUT2D eigenvalue weighted by Crippen LogP contribution is -2.35. The summed E-state index contributed by atoms with van der Waals surface area (Å²) in [6.07, 6.45) is 3.60. The van der Waals surface area contributed by atoms with Crippen molar-refractivity contribution in [3.05, 3.63) is 65.4 Å². The maximum absolute atomic E-state index is 13.3. The molecule has 0 N–H and O–H groups in total. The number of halogens is 1. The summed E-state index contributed by atoms with van der Waals surface area (Å²) in [5.41, 5.74) is 1.88. The topological polar surface area (TPSA) is 73.4 Å². The summed E-state index contributed by atoms with van der Waals surface area (Å²) in [7, 11) is 0. The number of hydrogen-bond donors (Lipinski definition) is 0. The third-order valence-corrected chi connectivity index (χ3v) is 4.39. The fraction of sp³-hybridized carbons (Fsp3) is 0.316. The lowest BCUT2D eigenvalue weighted by atomic mass is 10.1. The number of rotatable bonds is 6. The predicted molar refractivity (Wildman–Crippen MR) is 95.3 cm³/mol. The van der Waals surface area contributed by atoms with Crippen LogP contribution in [0.25, 0.3) is 0 Å². The zero-order chi connectivity index (χ0) is 18.6. The first kappa shape index (κ1) is 17.4. The Kier molecular flexibility index (Phi) is 4.97. The van der Waals surface area contributed by atoms with E-state index in [0.717, 1.165) is 24.2 Å². The highest BCUT2D eigenvalue weighted by Gasteiger charge is 2.19.